The fourth-order valence-corrected chi connectivity index (χ4v) is 4.58. The van der Waals surface area contributed by atoms with Crippen molar-refractivity contribution in [1.82, 2.24) is 10.6 Å². The zero-order valence-corrected chi connectivity index (χ0v) is 18.8. The molecule has 2 aromatic carbocycles. The number of rotatable bonds is 4. The van der Waals surface area contributed by atoms with Gasteiger partial charge in [-0.05, 0) is 37.1 Å². The molecule has 0 aromatic heterocycles. The summed E-state index contributed by atoms with van der Waals surface area (Å²) in [5, 5.41) is 26.7. The number of carbonyl (C=O) groups excluding carboxylic acids is 1. The molecule has 0 aliphatic carbocycles. The van der Waals surface area contributed by atoms with Crippen LogP contribution in [0.25, 0.3) is 0 Å². The van der Waals surface area contributed by atoms with Crippen molar-refractivity contribution < 1.29 is 28.2 Å². The molecular formula is C25H27F3N4O3. The Morgan fingerprint density at radius 1 is 1.03 bits per heavy atom. The Bertz CT molecular complexity index is 1080. The van der Waals surface area contributed by atoms with Gasteiger partial charge in [-0.2, -0.15) is 13.2 Å². The molecule has 0 saturated carbocycles. The Morgan fingerprint density at radius 2 is 1.54 bits per heavy atom. The van der Waals surface area contributed by atoms with E-state index < -0.39 is 47.2 Å². The smallest absolute Gasteiger partial charge is 0.401 e. The van der Waals surface area contributed by atoms with Gasteiger partial charge >= 0.3 is 6.18 Å². The van der Waals surface area contributed by atoms with Gasteiger partial charge in [0.2, 0.25) is 5.60 Å². The average Bonchev–Trinajstić information content (AvgIpc) is 2.86. The molecule has 2 atom stereocenters. The molecule has 2 unspecified atom stereocenters. The van der Waals surface area contributed by atoms with Crippen molar-refractivity contribution in [2.24, 2.45) is 16.6 Å². The number of benzene rings is 2. The molecule has 2 aliphatic rings. The molecule has 2 heterocycles. The molecule has 186 valence electrons. The summed E-state index contributed by atoms with van der Waals surface area (Å²) in [5.74, 6) is -2.42. The van der Waals surface area contributed by atoms with Gasteiger partial charge in [0.15, 0.2) is 6.10 Å². The molecule has 2 aliphatic heterocycles. The molecule has 4 rings (SSSR count). The van der Waals surface area contributed by atoms with E-state index in [4.69, 9.17) is 5.73 Å². The van der Waals surface area contributed by atoms with Crippen molar-refractivity contribution in [3.8, 4) is 0 Å². The van der Waals surface area contributed by atoms with E-state index in [1.165, 1.54) is 0 Å². The van der Waals surface area contributed by atoms with Gasteiger partial charge in [-0.25, -0.2) is 0 Å². The summed E-state index contributed by atoms with van der Waals surface area (Å²) in [4.78, 5) is 17.0. The van der Waals surface area contributed by atoms with E-state index in [2.05, 4.69) is 15.6 Å². The number of nitrogens with zero attached hydrogens (tertiary/aromatic N) is 1. The first-order valence-electron chi connectivity index (χ1n) is 11.3. The second-order valence-corrected chi connectivity index (χ2v) is 8.71. The van der Waals surface area contributed by atoms with E-state index in [1.54, 1.807) is 60.7 Å². The molecule has 10 heteroatoms. The number of piperidine rings is 2. The molecule has 6 N–H and O–H groups in total. The number of alkyl halides is 3. The van der Waals surface area contributed by atoms with Crippen LogP contribution in [0.15, 0.2) is 76.9 Å². The lowest BCUT2D eigenvalue weighted by molar-refractivity contribution is -0.269. The van der Waals surface area contributed by atoms with Gasteiger partial charge < -0.3 is 26.6 Å². The van der Waals surface area contributed by atoms with Crippen LogP contribution < -0.4 is 16.4 Å². The Kier molecular flexibility index (Phi) is 6.98. The van der Waals surface area contributed by atoms with Gasteiger partial charge in [0.05, 0.1) is 5.57 Å². The Balaban J connectivity index is 1.95. The first kappa shape index (κ1) is 24.9. The molecule has 0 bridgehead atoms. The number of nitrogens with one attached hydrogen (secondary N) is 2. The van der Waals surface area contributed by atoms with Crippen LogP contribution in [0.2, 0.25) is 0 Å². The number of aliphatic imine (C=N–C) groups is 1. The maximum Gasteiger partial charge on any atom is 0.424 e. The van der Waals surface area contributed by atoms with Crippen LogP contribution in [0.1, 0.15) is 30.0 Å². The topological polar surface area (TPSA) is 120 Å². The summed E-state index contributed by atoms with van der Waals surface area (Å²) in [7, 11) is 0. The maximum atomic E-state index is 14.3. The van der Waals surface area contributed by atoms with Crippen molar-refractivity contribution in [1.29, 1.82) is 0 Å². The molecule has 2 aromatic rings. The minimum absolute atomic E-state index is 0.246. The minimum atomic E-state index is -5.40. The summed E-state index contributed by atoms with van der Waals surface area (Å²) in [6, 6.07) is 16.9. The number of amides is 1. The quantitative estimate of drug-likeness (QED) is 0.452. The molecule has 0 radical (unpaired) electrons. The lowest BCUT2D eigenvalue weighted by atomic mass is 9.78. The van der Waals surface area contributed by atoms with Gasteiger partial charge in [0.1, 0.15) is 11.9 Å². The molecule has 2 saturated heterocycles. The number of aliphatic hydroxyl groups excluding tert-OH is 1. The van der Waals surface area contributed by atoms with Crippen LogP contribution in [0.4, 0.5) is 13.2 Å². The number of hydrogen-bond acceptors (Lipinski definition) is 6. The van der Waals surface area contributed by atoms with Crippen LogP contribution in [0.5, 0.6) is 0 Å². The zero-order valence-electron chi connectivity index (χ0n) is 18.8. The highest BCUT2D eigenvalue weighted by Gasteiger charge is 2.67. The van der Waals surface area contributed by atoms with Crippen molar-refractivity contribution in [2.45, 2.75) is 36.8 Å². The van der Waals surface area contributed by atoms with Crippen LogP contribution in [0, 0.1) is 5.92 Å². The highest BCUT2D eigenvalue weighted by atomic mass is 19.4. The third-order valence-electron chi connectivity index (χ3n) is 6.49. The zero-order chi connectivity index (χ0) is 25.2. The SMILES string of the molecule is NC(=C1C(=NC(c2ccccc2)c2ccccc2)NC(=O)C(O)C1(O)C(F)(F)F)C1CCNCC1. The predicted molar refractivity (Wildman–Crippen MR) is 124 cm³/mol. The number of halogens is 3. The van der Waals surface area contributed by atoms with Crippen molar-refractivity contribution >= 4 is 11.7 Å². The van der Waals surface area contributed by atoms with E-state index in [-0.39, 0.29) is 5.70 Å². The van der Waals surface area contributed by atoms with Gasteiger partial charge in [0.25, 0.3) is 5.91 Å². The fourth-order valence-electron chi connectivity index (χ4n) is 4.58. The molecule has 0 spiro atoms. The highest BCUT2D eigenvalue weighted by Crippen LogP contribution is 2.44. The molecule has 7 nitrogen and oxygen atoms in total. The summed E-state index contributed by atoms with van der Waals surface area (Å²) in [6.45, 7) is 1.06. The molecular weight excluding hydrogens is 461 g/mol. The largest absolute Gasteiger partial charge is 0.424 e. The maximum absolute atomic E-state index is 14.3. The standard InChI is InChI=1S/C25H27F3N4O3/c26-25(27,28)24(35)18(19(29)15-11-13-30-14-12-15)22(32-23(34)21(24)33)31-20(16-7-3-1-4-8-16)17-9-5-2-6-10-17/h1-10,15,20-21,30,33,35H,11-14,29H2,(H,31,32,34). The second kappa shape index (κ2) is 9.80. The van der Waals surface area contributed by atoms with E-state index in [9.17, 15) is 28.2 Å². The third kappa shape index (κ3) is 4.69. The summed E-state index contributed by atoms with van der Waals surface area (Å²) in [5.41, 5.74) is 2.64. The number of nitrogens with two attached hydrogens (primary N) is 1. The number of allylic oxidation sites excluding steroid dienone is 1. The third-order valence-corrected chi connectivity index (χ3v) is 6.49. The first-order chi connectivity index (χ1) is 16.6. The minimum Gasteiger partial charge on any atom is -0.401 e. The Hall–Kier alpha value is -3.21. The van der Waals surface area contributed by atoms with Crippen LogP contribution in [0.3, 0.4) is 0 Å². The van der Waals surface area contributed by atoms with E-state index in [0.29, 0.717) is 37.1 Å². The molecule has 2 fully saturated rings. The summed E-state index contributed by atoms with van der Waals surface area (Å²) < 4.78 is 43.0. The second-order valence-electron chi connectivity index (χ2n) is 8.71. The van der Waals surface area contributed by atoms with Crippen LogP contribution in [-0.4, -0.2) is 52.9 Å². The highest BCUT2D eigenvalue weighted by molar-refractivity contribution is 6.14. The monoisotopic (exact) mass is 488 g/mol. The van der Waals surface area contributed by atoms with Gasteiger partial charge in [-0.15, -0.1) is 0 Å². The average molecular weight is 489 g/mol. The molecule has 1 amide bonds. The van der Waals surface area contributed by atoms with Crippen molar-refractivity contribution in [3.05, 3.63) is 83.1 Å². The van der Waals surface area contributed by atoms with Crippen LogP contribution >= 0.6 is 0 Å². The van der Waals surface area contributed by atoms with Crippen molar-refractivity contribution in [3.63, 3.8) is 0 Å². The molecule has 35 heavy (non-hydrogen) atoms. The first-order valence-corrected chi connectivity index (χ1v) is 11.3. The Labute approximate surface area is 200 Å². The lowest BCUT2D eigenvalue weighted by Gasteiger charge is -2.42. The predicted octanol–water partition coefficient (Wildman–Crippen LogP) is 2.17. The number of hydrogen-bond donors (Lipinski definition) is 5. The van der Waals surface area contributed by atoms with E-state index >= 15 is 0 Å². The lowest BCUT2D eigenvalue weighted by Crippen LogP contribution is -2.68. The van der Waals surface area contributed by atoms with E-state index in [0.717, 1.165) is 0 Å². The number of amidine groups is 1. The number of aliphatic hydroxyl groups is 2. The van der Waals surface area contributed by atoms with Gasteiger partial charge in [0, 0.05) is 11.6 Å². The fraction of sp³-hybridized carbons (Fsp3) is 0.360. The van der Waals surface area contributed by atoms with Gasteiger partial charge in [-0.1, -0.05) is 60.7 Å². The Morgan fingerprint density at radius 3 is 2.03 bits per heavy atom. The number of carbonyl (C=O) groups is 1. The van der Waals surface area contributed by atoms with Crippen LogP contribution in [-0.2, 0) is 4.79 Å². The normalized spacial score (nSPS) is 26.6. The van der Waals surface area contributed by atoms with E-state index in [1.807, 2.05) is 0 Å². The van der Waals surface area contributed by atoms with Crippen molar-refractivity contribution in [2.75, 3.05) is 13.1 Å². The summed E-state index contributed by atoms with van der Waals surface area (Å²) >= 11 is 0. The van der Waals surface area contributed by atoms with Gasteiger partial charge in [-0.3, -0.25) is 9.79 Å². The summed E-state index contributed by atoms with van der Waals surface area (Å²) in [6.07, 6.45) is -7.33.